The van der Waals surface area contributed by atoms with Crippen LogP contribution >= 0.6 is 23.1 Å². The summed E-state index contributed by atoms with van der Waals surface area (Å²) in [6, 6.07) is 10.3. The Morgan fingerprint density at radius 3 is 2.43 bits per heavy atom. The molecular weight excluding hydrogens is 680 g/mol. The fourth-order valence-electron chi connectivity index (χ4n) is 9.02. The number of imide groups is 1. The first-order valence-electron chi connectivity index (χ1n) is 16.7. The lowest BCUT2D eigenvalue weighted by Gasteiger charge is -2.43. The SMILES string of the molecule is CCOc1cc([C@H]2c3sc(=O)[nH]c3SC3C2[C@H]2C[C@@H]3C3C(=O)N(c4ccccc4C(F)(F)F)C(=O)C32)ccc1OCC(=O)N1CCCCC1. The molecule has 4 heterocycles. The van der Waals surface area contributed by atoms with Gasteiger partial charge in [-0.3, -0.25) is 19.2 Å². The second kappa shape index (κ2) is 12.2. The smallest absolute Gasteiger partial charge is 0.418 e. The Hall–Kier alpha value is -3.78. The van der Waals surface area contributed by atoms with Gasteiger partial charge in [-0.05, 0) is 80.2 Å². The number of hydrogen-bond donors (Lipinski definition) is 1. The zero-order valence-corrected chi connectivity index (χ0v) is 28.2. The molecule has 49 heavy (non-hydrogen) atoms. The summed E-state index contributed by atoms with van der Waals surface area (Å²) in [5, 5.41) is 0.573. The van der Waals surface area contributed by atoms with Gasteiger partial charge in [0.05, 0.1) is 34.7 Å². The van der Waals surface area contributed by atoms with Gasteiger partial charge in [0.1, 0.15) is 0 Å². The number of thiazole rings is 1. The number of ether oxygens (including phenoxy) is 2. The fourth-order valence-corrected chi connectivity index (χ4v) is 11.9. The molecule has 14 heteroatoms. The Bertz CT molecular complexity index is 1890. The van der Waals surface area contributed by atoms with Gasteiger partial charge < -0.3 is 19.4 Å². The number of fused-ring (bicyclic) bond motifs is 9. The Morgan fingerprint density at radius 2 is 1.69 bits per heavy atom. The van der Waals surface area contributed by atoms with Gasteiger partial charge in [-0.2, -0.15) is 13.2 Å². The first-order valence-corrected chi connectivity index (χ1v) is 18.4. The van der Waals surface area contributed by atoms with Crippen molar-refractivity contribution in [3.05, 3.63) is 68.1 Å². The lowest BCUT2D eigenvalue weighted by molar-refractivity contribution is -0.137. The van der Waals surface area contributed by atoms with Crippen LogP contribution in [0.5, 0.6) is 11.5 Å². The highest BCUT2D eigenvalue weighted by Gasteiger charge is 2.70. The normalized spacial score (nSPS) is 28.8. The quantitative estimate of drug-likeness (QED) is 0.303. The molecule has 2 aliphatic carbocycles. The van der Waals surface area contributed by atoms with E-state index in [1.807, 2.05) is 24.0 Å². The maximum atomic E-state index is 14.1. The molecule has 3 aliphatic heterocycles. The molecule has 3 amide bonds. The standard InChI is InChI=1S/C35H34F3N3O6S2/c1-2-46-23-14-17(10-11-22(23)47-16-24(42)40-12-6-3-7-13-40)25-26-18-15-19(29(26)48-31-30(25)49-34(45)39-31)28-27(18)32(43)41(33(28)44)21-9-5-4-8-20(21)35(36,37)38/h4-5,8-11,14,18-19,25-29H,2-3,6-7,12-13,15-16H2,1H3,(H,39,45)/t18-,19-,25-,26?,27?,28?,29?/m1/s1. The molecule has 258 valence electrons. The number of nitrogens with zero attached hydrogens (tertiary/aromatic N) is 2. The van der Waals surface area contributed by atoms with Crippen molar-refractivity contribution in [1.29, 1.82) is 0 Å². The summed E-state index contributed by atoms with van der Waals surface area (Å²) < 4.78 is 54.0. The largest absolute Gasteiger partial charge is 0.490 e. The van der Waals surface area contributed by atoms with Crippen LogP contribution in [0.15, 0.2) is 52.3 Å². The molecule has 1 N–H and O–H groups in total. The monoisotopic (exact) mass is 713 g/mol. The molecule has 8 rings (SSSR count). The van der Waals surface area contributed by atoms with Gasteiger partial charge in [-0.15, -0.1) is 11.8 Å². The van der Waals surface area contributed by atoms with E-state index in [9.17, 15) is 32.3 Å². The predicted molar refractivity (Wildman–Crippen MR) is 176 cm³/mol. The van der Waals surface area contributed by atoms with Crippen molar-refractivity contribution in [3.63, 3.8) is 0 Å². The van der Waals surface area contributed by atoms with Gasteiger partial charge in [0, 0.05) is 29.1 Å². The number of amides is 3. The van der Waals surface area contributed by atoms with Crippen LogP contribution in [-0.4, -0.2) is 59.2 Å². The summed E-state index contributed by atoms with van der Waals surface area (Å²) in [7, 11) is 0. The van der Waals surface area contributed by atoms with E-state index in [2.05, 4.69) is 4.98 Å². The minimum Gasteiger partial charge on any atom is -0.490 e. The summed E-state index contributed by atoms with van der Waals surface area (Å²) in [5.74, 6) is -2.89. The highest BCUT2D eigenvalue weighted by molar-refractivity contribution is 8.00. The molecule has 3 aromatic rings. The van der Waals surface area contributed by atoms with Crippen molar-refractivity contribution in [2.45, 2.75) is 55.0 Å². The number of thioether (sulfide) groups is 1. The Morgan fingerprint density at radius 1 is 0.959 bits per heavy atom. The van der Waals surface area contributed by atoms with Gasteiger partial charge in [-0.1, -0.05) is 29.5 Å². The molecule has 2 saturated heterocycles. The molecule has 2 bridgehead atoms. The van der Waals surface area contributed by atoms with Gasteiger partial charge in [0.15, 0.2) is 18.1 Å². The molecule has 0 spiro atoms. The van der Waals surface area contributed by atoms with E-state index in [0.29, 0.717) is 42.6 Å². The Balaban J connectivity index is 1.13. The third-order valence-electron chi connectivity index (χ3n) is 10.9. The fraction of sp³-hybridized carbons (Fsp3) is 0.486. The van der Waals surface area contributed by atoms with Crippen LogP contribution in [0.2, 0.25) is 0 Å². The van der Waals surface area contributed by atoms with Crippen molar-refractivity contribution in [3.8, 4) is 11.5 Å². The summed E-state index contributed by atoms with van der Waals surface area (Å²) in [5.41, 5.74) is -0.605. The highest BCUT2D eigenvalue weighted by atomic mass is 32.2. The van der Waals surface area contributed by atoms with Crippen LogP contribution in [0.25, 0.3) is 0 Å². The zero-order chi connectivity index (χ0) is 34.2. The number of carbonyl (C=O) groups is 3. The number of carbonyl (C=O) groups excluding carboxylic acids is 3. The van der Waals surface area contributed by atoms with Crippen molar-refractivity contribution in [2.24, 2.45) is 29.6 Å². The van der Waals surface area contributed by atoms with Crippen LogP contribution in [0, 0.1) is 29.6 Å². The van der Waals surface area contributed by atoms with E-state index in [1.54, 1.807) is 6.07 Å². The Labute approximate surface area is 288 Å². The lowest BCUT2D eigenvalue weighted by Crippen LogP contribution is -2.42. The number of piperidine rings is 1. The van der Waals surface area contributed by atoms with E-state index < -0.39 is 41.1 Å². The minimum atomic E-state index is -4.74. The molecule has 2 saturated carbocycles. The number of halogens is 3. The van der Waals surface area contributed by atoms with E-state index >= 15 is 0 Å². The topological polar surface area (TPSA) is 109 Å². The van der Waals surface area contributed by atoms with E-state index in [4.69, 9.17) is 9.47 Å². The third-order valence-corrected chi connectivity index (χ3v) is 13.4. The number of rotatable bonds is 7. The number of alkyl halides is 3. The number of nitrogens with one attached hydrogen (secondary N) is 1. The molecule has 5 aliphatic rings. The number of H-pyrrole nitrogens is 1. The third kappa shape index (κ3) is 5.28. The maximum Gasteiger partial charge on any atom is 0.418 e. The number of benzene rings is 2. The molecular formula is C35H34F3N3O6S2. The van der Waals surface area contributed by atoms with E-state index in [-0.39, 0.29) is 46.3 Å². The molecule has 1 aromatic heterocycles. The summed E-state index contributed by atoms with van der Waals surface area (Å²) >= 11 is 2.61. The lowest BCUT2D eigenvalue weighted by atomic mass is 9.68. The predicted octanol–water partition coefficient (Wildman–Crippen LogP) is 5.92. The first-order chi connectivity index (χ1) is 23.6. The van der Waals surface area contributed by atoms with Crippen LogP contribution in [0.4, 0.5) is 18.9 Å². The highest BCUT2D eigenvalue weighted by Crippen LogP contribution is 2.69. The zero-order valence-electron chi connectivity index (χ0n) is 26.5. The van der Waals surface area contributed by atoms with Crippen molar-refractivity contribution in [2.75, 3.05) is 31.2 Å². The summed E-state index contributed by atoms with van der Waals surface area (Å²) in [4.78, 5) is 59.7. The molecule has 9 nitrogen and oxygen atoms in total. The molecule has 4 unspecified atom stereocenters. The van der Waals surface area contributed by atoms with Crippen LogP contribution in [-0.2, 0) is 20.6 Å². The maximum absolute atomic E-state index is 14.1. The Kier molecular flexibility index (Phi) is 8.09. The van der Waals surface area contributed by atoms with Crippen LogP contribution in [0.1, 0.15) is 54.5 Å². The van der Waals surface area contributed by atoms with E-state index in [0.717, 1.165) is 52.0 Å². The van der Waals surface area contributed by atoms with Gasteiger partial charge >= 0.3 is 11.0 Å². The van der Waals surface area contributed by atoms with Gasteiger partial charge in [-0.25, -0.2) is 4.90 Å². The average Bonchev–Trinajstić information content (AvgIpc) is 3.82. The summed E-state index contributed by atoms with van der Waals surface area (Å²) in [6.07, 6.45) is -1.09. The number of aromatic nitrogens is 1. The number of hydrogen-bond acceptors (Lipinski definition) is 8. The number of para-hydroxylation sites is 1. The summed E-state index contributed by atoms with van der Waals surface area (Å²) in [6.45, 7) is 3.50. The molecule has 2 aromatic carbocycles. The average molecular weight is 714 g/mol. The number of anilines is 1. The minimum absolute atomic E-state index is 0.0840. The second-order valence-corrected chi connectivity index (χ2v) is 15.6. The van der Waals surface area contributed by atoms with Gasteiger partial charge in [0.25, 0.3) is 5.91 Å². The van der Waals surface area contributed by atoms with Crippen molar-refractivity contribution in [1.82, 2.24) is 9.88 Å². The van der Waals surface area contributed by atoms with Crippen molar-refractivity contribution >= 4 is 46.5 Å². The van der Waals surface area contributed by atoms with Gasteiger partial charge in [0.2, 0.25) is 11.8 Å². The molecule has 4 fully saturated rings. The first kappa shape index (κ1) is 32.4. The van der Waals surface area contributed by atoms with Crippen LogP contribution in [0.3, 0.4) is 0 Å². The molecule has 7 atom stereocenters. The number of likely N-dealkylation sites (tertiary alicyclic amines) is 1. The molecule has 0 radical (unpaired) electrons. The van der Waals surface area contributed by atoms with Crippen LogP contribution < -0.4 is 19.2 Å². The number of aromatic amines is 1. The van der Waals surface area contributed by atoms with E-state index in [1.165, 1.54) is 30.0 Å². The van der Waals surface area contributed by atoms with Crippen molar-refractivity contribution < 1.29 is 37.0 Å². The second-order valence-electron chi connectivity index (χ2n) is 13.4.